The molecule has 1 aromatic carbocycles. The average molecular weight is 383 g/mol. The number of halogens is 1. The highest BCUT2D eigenvalue weighted by molar-refractivity contribution is 5.95. The molecule has 4 rings (SSSR count). The van der Waals surface area contributed by atoms with Crippen LogP contribution in [-0.4, -0.2) is 47.1 Å². The van der Waals surface area contributed by atoms with Gasteiger partial charge < -0.3 is 14.5 Å². The monoisotopic (exact) mass is 383 g/mol. The first kappa shape index (κ1) is 18.7. The molecular weight excluding hydrogens is 357 g/mol. The molecule has 0 unspecified atom stereocenters. The predicted molar refractivity (Wildman–Crippen MR) is 106 cm³/mol. The lowest BCUT2D eigenvalue weighted by atomic mass is 9.93. The Morgan fingerprint density at radius 3 is 2.82 bits per heavy atom. The van der Waals surface area contributed by atoms with Gasteiger partial charge in [0.25, 0.3) is 5.91 Å². The normalized spacial score (nSPS) is 23.4. The number of amides is 1. The number of likely N-dealkylation sites (tertiary alicyclic amines) is 1. The van der Waals surface area contributed by atoms with Crippen LogP contribution in [-0.2, 0) is 0 Å². The van der Waals surface area contributed by atoms with Crippen molar-refractivity contribution >= 4 is 11.6 Å². The predicted octanol–water partition coefficient (Wildman–Crippen LogP) is 3.89. The number of carbonyl (C=O) groups is 1. The van der Waals surface area contributed by atoms with Crippen LogP contribution < -0.4 is 9.64 Å². The second kappa shape index (κ2) is 7.08. The lowest BCUT2D eigenvalue weighted by Gasteiger charge is -2.42. The van der Waals surface area contributed by atoms with Crippen LogP contribution in [0.5, 0.6) is 5.88 Å². The van der Waals surface area contributed by atoms with Crippen LogP contribution in [0.3, 0.4) is 0 Å². The van der Waals surface area contributed by atoms with E-state index in [1.165, 1.54) is 6.07 Å². The Balaban J connectivity index is 1.66. The maximum absolute atomic E-state index is 13.9. The maximum Gasteiger partial charge on any atom is 0.254 e. The van der Waals surface area contributed by atoms with E-state index < -0.39 is 0 Å². The van der Waals surface area contributed by atoms with Gasteiger partial charge in [0.1, 0.15) is 5.82 Å². The SMILES string of the molecule is COc1cc(C(=O)N2CCC[C@H]3[C@@H]2CC(C)(C)N3c2cccc(F)c2)ccn1. The standard InChI is InChI=1S/C22H26FN3O2/c1-22(2)14-19-18(26(22)17-7-4-6-16(23)13-17)8-5-11-25(19)21(27)15-9-10-24-20(12-15)28-3/h4,6-7,9-10,12-13,18-19H,5,8,11,14H2,1-3H3/t18-,19-/m0/s1. The van der Waals surface area contributed by atoms with Gasteiger partial charge in [-0.15, -0.1) is 0 Å². The van der Waals surface area contributed by atoms with Crippen molar-refractivity contribution < 1.29 is 13.9 Å². The number of nitrogens with zero attached hydrogens (tertiary/aromatic N) is 3. The summed E-state index contributed by atoms with van der Waals surface area (Å²) >= 11 is 0. The van der Waals surface area contributed by atoms with E-state index in [2.05, 4.69) is 23.7 Å². The van der Waals surface area contributed by atoms with Gasteiger partial charge in [-0.2, -0.15) is 0 Å². The first-order valence-corrected chi connectivity index (χ1v) is 9.76. The van der Waals surface area contributed by atoms with Crippen molar-refractivity contribution in [3.05, 3.63) is 54.0 Å². The second-order valence-corrected chi connectivity index (χ2v) is 8.23. The van der Waals surface area contributed by atoms with E-state index >= 15 is 0 Å². The molecule has 1 aromatic heterocycles. The number of hydrogen-bond donors (Lipinski definition) is 0. The number of methoxy groups -OCH3 is 1. The first-order chi connectivity index (χ1) is 13.4. The van der Waals surface area contributed by atoms with Crippen LogP contribution in [0.2, 0.25) is 0 Å². The highest BCUT2D eigenvalue weighted by Crippen LogP contribution is 2.44. The first-order valence-electron chi connectivity index (χ1n) is 9.76. The van der Waals surface area contributed by atoms with Gasteiger partial charge in [0.05, 0.1) is 19.2 Å². The molecule has 6 heteroatoms. The molecule has 2 aromatic rings. The molecule has 2 aliphatic heterocycles. The van der Waals surface area contributed by atoms with Crippen LogP contribution >= 0.6 is 0 Å². The smallest absolute Gasteiger partial charge is 0.254 e. The van der Waals surface area contributed by atoms with Gasteiger partial charge in [0.15, 0.2) is 0 Å². The number of hydrogen-bond acceptors (Lipinski definition) is 4. The Kier molecular flexibility index (Phi) is 4.73. The number of rotatable bonds is 3. The molecular formula is C22H26FN3O2. The van der Waals surface area contributed by atoms with Crippen LogP contribution in [0, 0.1) is 5.82 Å². The number of piperidine rings is 1. The molecule has 2 saturated heterocycles. The quantitative estimate of drug-likeness (QED) is 0.807. The van der Waals surface area contributed by atoms with Crippen molar-refractivity contribution in [1.29, 1.82) is 0 Å². The largest absolute Gasteiger partial charge is 0.481 e. The third-order valence-electron chi connectivity index (χ3n) is 5.97. The van der Waals surface area contributed by atoms with Crippen LogP contribution in [0.1, 0.15) is 43.5 Å². The fourth-order valence-corrected chi connectivity index (χ4v) is 4.88. The molecule has 0 spiro atoms. The molecule has 28 heavy (non-hydrogen) atoms. The Hall–Kier alpha value is -2.63. The Bertz CT molecular complexity index is 886. The van der Waals surface area contributed by atoms with Gasteiger partial charge in [-0.1, -0.05) is 6.07 Å². The topological polar surface area (TPSA) is 45.7 Å². The van der Waals surface area contributed by atoms with E-state index in [-0.39, 0.29) is 29.3 Å². The van der Waals surface area contributed by atoms with Gasteiger partial charge in [-0.05, 0) is 57.4 Å². The van der Waals surface area contributed by atoms with Gasteiger partial charge in [0.2, 0.25) is 5.88 Å². The number of aromatic nitrogens is 1. The van der Waals surface area contributed by atoms with E-state index in [1.54, 1.807) is 37.6 Å². The molecule has 0 N–H and O–H groups in total. The number of ether oxygens (including phenoxy) is 1. The highest BCUT2D eigenvalue weighted by Gasteiger charge is 2.50. The fraction of sp³-hybridized carbons (Fsp3) is 0.455. The molecule has 2 aliphatic rings. The second-order valence-electron chi connectivity index (χ2n) is 8.23. The van der Waals surface area contributed by atoms with E-state index in [0.29, 0.717) is 11.4 Å². The lowest BCUT2D eigenvalue weighted by molar-refractivity contribution is 0.0604. The molecule has 2 fully saturated rings. The zero-order valence-corrected chi connectivity index (χ0v) is 16.6. The van der Waals surface area contributed by atoms with Gasteiger partial charge >= 0.3 is 0 Å². The van der Waals surface area contributed by atoms with Crippen molar-refractivity contribution in [3.8, 4) is 5.88 Å². The Labute approximate surface area is 165 Å². The minimum atomic E-state index is -0.232. The molecule has 148 valence electrons. The van der Waals surface area contributed by atoms with Crippen molar-refractivity contribution in [2.75, 3.05) is 18.6 Å². The summed E-state index contributed by atoms with van der Waals surface area (Å²) in [6.45, 7) is 5.08. The average Bonchev–Trinajstić information content (AvgIpc) is 2.97. The number of pyridine rings is 1. The minimum Gasteiger partial charge on any atom is -0.481 e. The zero-order chi connectivity index (χ0) is 19.9. The van der Waals surface area contributed by atoms with E-state index in [4.69, 9.17) is 4.74 Å². The van der Waals surface area contributed by atoms with Crippen molar-refractivity contribution in [1.82, 2.24) is 9.88 Å². The molecule has 0 aliphatic carbocycles. The van der Waals surface area contributed by atoms with Crippen LogP contribution in [0.15, 0.2) is 42.6 Å². The number of fused-ring (bicyclic) bond motifs is 1. The summed E-state index contributed by atoms with van der Waals surface area (Å²) in [4.78, 5) is 21.7. The summed E-state index contributed by atoms with van der Waals surface area (Å²) in [5, 5.41) is 0. The third-order valence-corrected chi connectivity index (χ3v) is 5.97. The summed E-state index contributed by atoms with van der Waals surface area (Å²) in [6, 6.07) is 10.5. The van der Waals surface area contributed by atoms with Gasteiger partial charge in [-0.25, -0.2) is 9.37 Å². The molecule has 0 radical (unpaired) electrons. The number of anilines is 1. The number of benzene rings is 1. The summed E-state index contributed by atoms with van der Waals surface area (Å²) in [6.07, 6.45) is 4.37. The summed E-state index contributed by atoms with van der Waals surface area (Å²) in [5.41, 5.74) is 1.31. The third kappa shape index (κ3) is 3.21. The highest BCUT2D eigenvalue weighted by atomic mass is 19.1. The van der Waals surface area contributed by atoms with E-state index in [0.717, 1.165) is 31.5 Å². The Morgan fingerprint density at radius 1 is 1.25 bits per heavy atom. The molecule has 5 nitrogen and oxygen atoms in total. The van der Waals surface area contributed by atoms with Crippen molar-refractivity contribution in [2.24, 2.45) is 0 Å². The summed E-state index contributed by atoms with van der Waals surface area (Å²) < 4.78 is 19.1. The van der Waals surface area contributed by atoms with E-state index in [9.17, 15) is 9.18 Å². The van der Waals surface area contributed by atoms with Gasteiger partial charge in [-0.3, -0.25) is 4.79 Å². The zero-order valence-electron chi connectivity index (χ0n) is 16.6. The molecule has 1 amide bonds. The van der Waals surface area contributed by atoms with Crippen LogP contribution in [0.4, 0.5) is 10.1 Å². The summed E-state index contributed by atoms with van der Waals surface area (Å²) in [7, 11) is 1.55. The molecule has 2 atom stereocenters. The molecule has 0 saturated carbocycles. The van der Waals surface area contributed by atoms with Crippen LogP contribution in [0.25, 0.3) is 0 Å². The maximum atomic E-state index is 13.9. The molecule has 3 heterocycles. The number of carbonyl (C=O) groups excluding carboxylic acids is 1. The lowest BCUT2D eigenvalue weighted by Crippen LogP contribution is -2.52. The summed E-state index contributed by atoms with van der Waals surface area (Å²) in [5.74, 6) is 0.212. The Morgan fingerprint density at radius 2 is 2.07 bits per heavy atom. The van der Waals surface area contributed by atoms with Crippen molar-refractivity contribution in [2.45, 2.75) is 50.7 Å². The minimum absolute atomic E-state index is 0.00675. The van der Waals surface area contributed by atoms with Crippen molar-refractivity contribution in [3.63, 3.8) is 0 Å². The van der Waals surface area contributed by atoms with Gasteiger partial charge in [0, 0.05) is 35.6 Å². The fourth-order valence-electron chi connectivity index (χ4n) is 4.88. The van der Waals surface area contributed by atoms with E-state index in [1.807, 2.05) is 11.0 Å². The molecule has 0 bridgehead atoms.